The number of methoxy groups -OCH3 is 2. The standard InChI is InChI=1S/C21H25N3O6S/c1-5-12-22-21(26)16-8-6-7-9-17(16)23-20(25)14-24(31(4,27)28)15-10-11-18(29-2)19(13-15)30-3/h5-11,13H,1,12,14H2,2-4H3,(H,22,26)(H,23,25). The summed E-state index contributed by atoms with van der Waals surface area (Å²) in [6.07, 6.45) is 2.53. The van der Waals surface area contributed by atoms with E-state index < -0.39 is 28.4 Å². The number of para-hydroxylation sites is 1. The number of anilines is 2. The van der Waals surface area contributed by atoms with Crippen molar-refractivity contribution in [2.45, 2.75) is 0 Å². The molecule has 0 aliphatic carbocycles. The van der Waals surface area contributed by atoms with Gasteiger partial charge in [-0.05, 0) is 24.3 Å². The van der Waals surface area contributed by atoms with Crippen LogP contribution in [0.4, 0.5) is 11.4 Å². The van der Waals surface area contributed by atoms with E-state index in [0.717, 1.165) is 10.6 Å². The average molecular weight is 448 g/mol. The zero-order valence-corrected chi connectivity index (χ0v) is 18.4. The molecule has 0 aliphatic heterocycles. The van der Waals surface area contributed by atoms with E-state index in [-0.39, 0.29) is 23.5 Å². The highest BCUT2D eigenvalue weighted by molar-refractivity contribution is 7.92. The minimum absolute atomic E-state index is 0.229. The maximum atomic E-state index is 12.7. The lowest BCUT2D eigenvalue weighted by Gasteiger charge is -2.23. The third kappa shape index (κ3) is 6.22. The van der Waals surface area contributed by atoms with E-state index in [2.05, 4.69) is 17.2 Å². The van der Waals surface area contributed by atoms with Crippen LogP contribution in [0.15, 0.2) is 55.1 Å². The SMILES string of the molecule is C=CCNC(=O)c1ccccc1NC(=O)CN(c1ccc(OC)c(OC)c1)S(C)(=O)=O. The van der Waals surface area contributed by atoms with Gasteiger partial charge in [-0.15, -0.1) is 6.58 Å². The fourth-order valence-electron chi connectivity index (χ4n) is 2.75. The zero-order valence-electron chi connectivity index (χ0n) is 17.5. The molecule has 2 N–H and O–H groups in total. The van der Waals surface area contributed by atoms with E-state index in [4.69, 9.17) is 9.47 Å². The van der Waals surface area contributed by atoms with Gasteiger partial charge in [-0.25, -0.2) is 8.42 Å². The van der Waals surface area contributed by atoms with Crippen molar-refractivity contribution in [2.24, 2.45) is 0 Å². The molecule has 0 radical (unpaired) electrons. The number of rotatable bonds is 10. The van der Waals surface area contributed by atoms with Gasteiger partial charge in [0.1, 0.15) is 6.54 Å². The number of sulfonamides is 1. The molecular weight excluding hydrogens is 422 g/mol. The molecule has 0 spiro atoms. The van der Waals surface area contributed by atoms with Crippen molar-refractivity contribution in [1.29, 1.82) is 0 Å². The van der Waals surface area contributed by atoms with Crippen LogP contribution in [-0.4, -0.2) is 53.8 Å². The van der Waals surface area contributed by atoms with Crippen LogP contribution < -0.4 is 24.4 Å². The molecule has 2 aromatic rings. The lowest BCUT2D eigenvalue weighted by atomic mass is 10.1. The van der Waals surface area contributed by atoms with E-state index in [1.54, 1.807) is 30.3 Å². The summed E-state index contributed by atoms with van der Waals surface area (Å²) in [6.45, 7) is 3.30. The lowest BCUT2D eigenvalue weighted by Crippen LogP contribution is -2.37. The molecule has 0 bridgehead atoms. The van der Waals surface area contributed by atoms with Crippen LogP contribution >= 0.6 is 0 Å². The van der Waals surface area contributed by atoms with Gasteiger partial charge in [-0.1, -0.05) is 18.2 Å². The highest BCUT2D eigenvalue weighted by Crippen LogP contribution is 2.32. The normalized spacial score (nSPS) is 10.7. The minimum atomic E-state index is -3.80. The fraction of sp³-hybridized carbons (Fsp3) is 0.238. The van der Waals surface area contributed by atoms with Crippen molar-refractivity contribution in [3.05, 3.63) is 60.7 Å². The molecule has 2 rings (SSSR count). The number of carbonyl (C=O) groups excluding carboxylic acids is 2. The summed E-state index contributed by atoms with van der Waals surface area (Å²) >= 11 is 0. The van der Waals surface area contributed by atoms with Gasteiger partial charge in [0, 0.05) is 12.6 Å². The summed E-state index contributed by atoms with van der Waals surface area (Å²) < 4.78 is 36.1. The molecule has 0 aromatic heterocycles. The van der Waals surface area contributed by atoms with Crippen LogP contribution in [0.5, 0.6) is 11.5 Å². The molecule has 0 saturated carbocycles. The van der Waals surface area contributed by atoms with Crippen LogP contribution in [0.1, 0.15) is 10.4 Å². The molecule has 2 aromatic carbocycles. The number of ether oxygens (including phenoxy) is 2. The summed E-state index contributed by atoms with van der Waals surface area (Å²) in [4.78, 5) is 25.0. The molecule has 166 valence electrons. The Labute approximate surface area is 181 Å². The Bertz CT molecular complexity index is 1070. The van der Waals surface area contributed by atoms with Crippen molar-refractivity contribution in [2.75, 3.05) is 43.2 Å². The number of hydrogen-bond acceptors (Lipinski definition) is 6. The quantitative estimate of drug-likeness (QED) is 0.539. The second kappa shape index (κ2) is 10.5. The topological polar surface area (TPSA) is 114 Å². The Morgan fingerprint density at radius 2 is 1.77 bits per heavy atom. The van der Waals surface area contributed by atoms with Gasteiger partial charge in [0.15, 0.2) is 11.5 Å². The van der Waals surface area contributed by atoms with Gasteiger partial charge in [0.2, 0.25) is 15.9 Å². The van der Waals surface area contributed by atoms with Gasteiger partial charge in [-0.2, -0.15) is 0 Å². The van der Waals surface area contributed by atoms with Crippen LogP contribution in [-0.2, 0) is 14.8 Å². The predicted molar refractivity (Wildman–Crippen MR) is 119 cm³/mol. The number of hydrogen-bond donors (Lipinski definition) is 2. The summed E-state index contributed by atoms with van der Waals surface area (Å²) in [6, 6.07) is 10.9. The summed E-state index contributed by atoms with van der Waals surface area (Å²) in [7, 11) is -0.918. The average Bonchev–Trinajstić information content (AvgIpc) is 2.74. The molecular formula is C21H25N3O6S. The molecule has 0 fully saturated rings. The second-order valence-electron chi connectivity index (χ2n) is 6.40. The maximum Gasteiger partial charge on any atom is 0.253 e. The first-order chi connectivity index (χ1) is 14.7. The number of benzene rings is 2. The van der Waals surface area contributed by atoms with Crippen molar-refractivity contribution in [1.82, 2.24) is 5.32 Å². The molecule has 0 unspecified atom stereocenters. The van der Waals surface area contributed by atoms with Crippen molar-refractivity contribution in [3.8, 4) is 11.5 Å². The summed E-state index contributed by atoms with van der Waals surface area (Å²) in [5, 5.41) is 5.24. The summed E-state index contributed by atoms with van der Waals surface area (Å²) in [5.74, 6) is -0.276. The van der Waals surface area contributed by atoms with Gasteiger partial charge in [-0.3, -0.25) is 13.9 Å². The number of carbonyl (C=O) groups is 2. The summed E-state index contributed by atoms with van der Waals surface area (Å²) in [5.41, 5.74) is 0.733. The van der Waals surface area contributed by atoms with Crippen LogP contribution in [0.3, 0.4) is 0 Å². The highest BCUT2D eigenvalue weighted by atomic mass is 32.2. The molecule has 2 amide bonds. The van der Waals surface area contributed by atoms with Crippen LogP contribution in [0.25, 0.3) is 0 Å². The first-order valence-corrected chi connectivity index (χ1v) is 11.0. The number of nitrogens with zero attached hydrogens (tertiary/aromatic N) is 1. The molecule has 9 nitrogen and oxygen atoms in total. The van der Waals surface area contributed by atoms with Crippen LogP contribution in [0, 0.1) is 0 Å². The Hall–Kier alpha value is -3.53. The van der Waals surface area contributed by atoms with Crippen molar-refractivity contribution in [3.63, 3.8) is 0 Å². The van der Waals surface area contributed by atoms with Gasteiger partial charge < -0.3 is 20.1 Å². The highest BCUT2D eigenvalue weighted by Gasteiger charge is 2.23. The second-order valence-corrected chi connectivity index (χ2v) is 8.31. The minimum Gasteiger partial charge on any atom is -0.493 e. The Balaban J connectivity index is 2.28. The van der Waals surface area contributed by atoms with E-state index in [1.165, 1.54) is 32.4 Å². The first-order valence-electron chi connectivity index (χ1n) is 9.19. The van der Waals surface area contributed by atoms with Crippen molar-refractivity contribution < 1.29 is 27.5 Å². The Morgan fingerprint density at radius 3 is 2.39 bits per heavy atom. The van der Waals surface area contributed by atoms with Gasteiger partial charge >= 0.3 is 0 Å². The fourth-order valence-corrected chi connectivity index (χ4v) is 3.60. The largest absolute Gasteiger partial charge is 0.493 e. The maximum absolute atomic E-state index is 12.7. The van der Waals surface area contributed by atoms with E-state index in [1.807, 2.05) is 0 Å². The van der Waals surface area contributed by atoms with E-state index >= 15 is 0 Å². The third-order valence-corrected chi connectivity index (χ3v) is 5.34. The predicted octanol–water partition coefficient (Wildman–Crippen LogP) is 2.02. The molecule has 0 atom stereocenters. The number of amides is 2. The molecule has 31 heavy (non-hydrogen) atoms. The van der Waals surface area contributed by atoms with Crippen molar-refractivity contribution >= 4 is 33.2 Å². The van der Waals surface area contributed by atoms with Crippen LogP contribution in [0.2, 0.25) is 0 Å². The monoisotopic (exact) mass is 447 g/mol. The Morgan fingerprint density at radius 1 is 1.10 bits per heavy atom. The first kappa shape index (κ1) is 23.7. The third-order valence-electron chi connectivity index (χ3n) is 4.20. The Kier molecular flexibility index (Phi) is 8.03. The molecule has 0 aliphatic rings. The molecule has 0 heterocycles. The molecule has 0 saturated heterocycles. The molecule has 10 heteroatoms. The lowest BCUT2D eigenvalue weighted by molar-refractivity contribution is -0.114. The zero-order chi connectivity index (χ0) is 23.0. The van der Waals surface area contributed by atoms with Gasteiger partial charge in [0.25, 0.3) is 5.91 Å². The van der Waals surface area contributed by atoms with E-state index in [0.29, 0.717) is 11.5 Å². The van der Waals surface area contributed by atoms with Gasteiger partial charge in [0.05, 0.1) is 37.4 Å². The number of nitrogens with one attached hydrogen (secondary N) is 2. The smallest absolute Gasteiger partial charge is 0.253 e. The van der Waals surface area contributed by atoms with E-state index in [9.17, 15) is 18.0 Å².